The van der Waals surface area contributed by atoms with Gasteiger partial charge in [-0.2, -0.15) is 0 Å². The van der Waals surface area contributed by atoms with E-state index in [1.165, 1.54) is 43.5 Å². The van der Waals surface area contributed by atoms with Crippen LogP contribution < -0.4 is 4.74 Å². The standard InChI is InChI=1S/C35H44N4O3/c40-35(39-17-4-2-11-33(39)27-37-15-5-6-16-37)30-12-13-34-31(24-30)23-28-8-7-9-29(22-28)25-38(18-19-41-20-21-42-34)26-32-10-1-3-14-36-32/h1,3,7-10,12-14,22,24,33H,2,4-6,11,15-21,23,25-27H2. The van der Waals surface area contributed by atoms with Crippen LogP contribution in [0.4, 0.5) is 0 Å². The zero-order valence-electron chi connectivity index (χ0n) is 24.8. The number of pyridine rings is 1. The van der Waals surface area contributed by atoms with Crippen molar-refractivity contribution in [2.75, 3.05) is 52.5 Å². The number of fused-ring (bicyclic) bond motifs is 3. The highest BCUT2D eigenvalue weighted by atomic mass is 16.5. The minimum atomic E-state index is 0.156. The Morgan fingerprint density at radius 3 is 2.60 bits per heavy atom. The number of piperidine rings is 1. The molecule has 0 aliphatic carbocycles. The first kappa shape index (κ1) is 28.8. The summed E-state index contributed by atoms with van der Waals surface area (Å²) in [7, 11) is 0. The van der Waals surface area contributed by atoms with Crippen molar-refractivity contribution >= 4 is 5.91 Å². The zero-order chi connectivity index (χ0) is 28.6. The Kier molecular flexibility index (Phi) is 9.80. The van der Waals surface area contributed by atoms with Crippen molar-refractivity contribution in [1.29, 1.82) is 0 Å². The topological polar surface area (TPSA) is 58.1 Å². The number of rotatable bonds is 5. The van der Waals surface area contributed by atoms with Gasteiger partial charge in [-0.15, -0.1) is 0 Å². The van der Waals surface area contributed by atoms with Crippen LogP contribution in [0.3, 0.4) is 0 Å². The molecule has 7 nitrogen and oxygen atoms in total. The number of hydrogen-bond acceptors (Lipinski definition) is 6. The summed E-state index contributed by atoms with van der Waals surface area (Å²) in [6.07, 6.45) is 8.50. The van der Waals surface area contributed by atoms with E-state index in [2.05, 4.69) is 56.1 Å². The molecular formula is C35H44N4O3. The summed E-state index contributed by atoms with van der Waals surface area (Å²) in [6, 6.07) is 21.2. The average Bonchev–Trinajstić information content (AvgIpc) is 3.53. The molecule has 1 aromatic heterocycles. The number of carbonyl (C=O) groups is 1. The lowest BCUT2D eigenvalue weighted by Crippen LogP contribution is -2.49. The van der Waals surface area contributed by atoms with Crippen molar-refractivity contribution in [3.8, 4) is 5.75 Å². The van der Waals surface area contributed by atoms with E-state index in [-0.39, 0.29) is 5.91 Å². The minimum absolute atomic E-state index is 0.156. The van der Waals surface area contributed by atoms with Crippen molar-refractivity contribution in [2.24, 2.45) is 0 Å². The number of nitrogens with zero attached hydrogens (tertiary/aromatic N) is 4. The van der Waals surface area contributed by atoms with Crippen LogP contribution in [-0.2, 0) is 24.2 Å². The molecule has 0 spiro atoms. The predicted molar refractivity (Wildman–Crippen MR) is 165 cm³/mol. The van der Waals surface area contributed by atoms with Crippen molar-refractivity contribution < 1.29 is 14.3 Å². The van der Waals surface area contributed by atoms with Crippen molar-refractivity contribution in [2.45, 2.75) is 57.7 Å². The van der Waals surface area contributed by atoms with E-state index in [0.29, 0.717) is 32.3 Å². The zero-order valence-corrected chi connectivity index (χ0v) is 24.8. The van der Waals surface area contributed by atoms with Crippen LogP contribution >= 0.6 is 0 Å². The van der Waals surface area contributed by atoms with Gasteiger partial charge in [0, 0.05) is 56.9 Å². The molecule has 222 valence electrons. The molecule has 1 amide bonds. The third-order valence-corrected chi connectivity index (χ3v) is 8.80. The van der Waals surface area contributed by atoms with Gasteiger partial charge in [-0.1, -0.05) is 30.3 Å². The molecule has 3 aliphatic heterocycles. The number of benzene rings is 2. The molecule has 6 rings (SSSR count). The van der Waals surface area contributed by atoms with Gasteiger partial charge >= 0.3 is 0 Å². The normalized spacial score (nSPS) is 20.9. The van der Waals surface area contributed by atoms with Gasteiger partial charge in [-0.05, 0) is 92.2 Å². The molecule has 2 aromatic carbocycles. The Labute approximate surface area is 250 Å². The third-order valence-electron chi connectivity index (χ3n) is 8.80. The number of likely N-dealkylation sites (tertiary alicyclic amines) is 2. The number of amides is 1. The van der Waals surface area contributed by atoms with Crippen LogP contribution in [0.25, 0.3) is 0 Å². The Hall–Kier alpha value is -3.26. The first-order chi connectivity index (χ1) is 20.7. The maximum atomic E-state index is 13.9. The SMILES string of the molecule is O=C(c1ccc2c(c1)Cc1cccc(c1)CN(Cc1ccccn1)CCOCCO2)N1CCCCC1CN1CCCC1. The first-order valence-corrected chi connectivity index (χ1v) is 15.8. The van der Waals surface area contributed by atoms with Crippen LogP contribution in [0.2, 0.25) is 0 Å². The van der Waals surface area contributed by atoms with E-state index in [9.17, 15) is 4.79 Å². The van der Waals surface area contributed by atoms with E-state index < -0.39 is 0 Å². The van der Waals surface area contributed by atoms with Crippen LogP contribution in [0, 0.1) is 0 Å². The van der Waals surface area contributed by atoms with Crippen molar-refractivity contribution in [1.82, 2.24) is 19.7 Å². The minimum Gasteiger partial charge on any atom is -0.491 e. The third kappa shape index (κ3) is 7.57. The second-order valence-electron chi connectivity index (χ2n) is 12.0. The molecule has 42 heavy (non-hydrogen) atoms. The lowest BCUT2D eigenvalue weighted by Gasteiger charge is -2.38. The first-order valence-electron chi connectivity index (χ1n) is 15.8. The largest absolute Gasteiger partial charge is 0.491 e. The van der Waals surface area contributed by atoms with Crippen LogP contribution in [-0.4, -0.2) is 84.2 Å². The second-order valence-corrected chi connectivity index (χ2v) is 12.0. The molecule has 1 atom stereocenters. The van der Waals surface area contributed by atoms with Crippen LogP contribution in [0.5, 0.6) is 5.75 Å². The molecule has 7 heteroatoms. The van der Waals surface area contributed by atoms with Gasteiger partial charge in [0.2, 0.25) is 0 Å². The molecular weight excluding hydrogens is 524 g/mol. The predicted octanol–water partition coefficient (Wildman–Crippen LogP) is 5.17. The maximum Gasteiger partial charge on any atom is 0.254 e. The Morgan fingerprint density at radius 2 is 1.71 bits per heavy atom. The summed E-state index contributed by atoms with van der Waals surface area (Å²) in [4.78, 5) is 25.5. The summed E-state index contributed by atoms with van der Waals surface area (Å²) >= 11 is 0. The molecule has 4 heterocycles. The quantitative estimate of drug-likeness (QED) is 0.423. The van der Waals surface area contributed by atoms with E-state index in [1.807, 2.05) is 30.5 Å². The second kappa shape index (κ2) is 14.3. The Morgan fingerprint density at radius 1 is 0.833 bits per heavy atom. The van der Waals surface area contributed by atoms with Gasteiger partial charge in [0.1, 0.15) is 12.4 Å². The molecule has 0 radical (unpaired) electrons. The number of aromatic nitrogens is 1. The molecule has 3 aliphatic rings. The fourth-order valence-electron chi connectivity index (χ4n) is 6.64. The number of carbonyl (C=O) groups excluding carboxylic acids is 1. The molecule has 2 fully saturated rings. The van der Waals surface area contributed by atoms with Gasteiger partial charge in [0.05, 0.1) is 18.9 Å². The monoisotopic (exact) mass is 568 g/mol. The van der Waals surface area contributed by atoms with Gasteiger partial charge in [-0.25, -0.2) is 0 Å². The fraction of sp³-hybridized carbons (Fsp3) is 0.486. The number of ether oxygens (including phenoxy) is 2. The molecule has 0 N–H and O–H groups in total. The summed E-state index contributed by atoms with van der Waals surface area (Å²) in [5, 5.41) is 0. The highest BCUT2D eigenvalue weighted by Crippen LogP contribution is 2.28. The maximum absolute atomic E-state index is 13.9. The lowest BCUT2D eigenvalue weighted by atomic mass is 9.97. The lowest BCUT2D eigenvalue weighted by molar-refractivity contribution is 0.0560. The summed E-state index contributed by atoms with van der Waals surface area (Å²) in [6.45, 7) is 8.22. The van der Waals surface area contributed by atoms with Crippen molar-refractivity contribution in [3.05, 3.63) is 94.8 Å². The molecule has 2 bridgehead atoms. The van der Waals surface area contributed by atoms with Crippen LogP contribution in [0.1, 0.15) is 64.8 Å². The highest BCUT2D eigenvalue weighted by molar-refractivity contribution is 5.95. The van der Waals surface area contributed by atoms with Crippen LogP contribution in [0.15, 0.2) is 66.9 Å². The van der Waals surface area contributed by atoms with E-state index in [1.54, 1.807) is 0 Å². The fourth-order valence-corrected chi connectivity index (χ4v) is 6.64. The van der Waals surface area contributed by atoms with Gasteiger partial charge in [0.15, 0.2) is 0 Å². The highest BCUT2D eigenvalue weighted by Gasteiger charge is 2.30. The Bertz CT molecular complexity index is 1310. The summed E-state index contributed by atoms with van der Waals surface area (Å²) < 4.78 is 12.2. The van der Waals surface area contributed by atoms with Gasteiger partial charge in [-0.3, -0.25) is 14.7 Å². The molecule has 1 unspecified atom stereocenters. The molecule has 2 saturated heterocycles. The smallest absolute Gasteiger partial charge is 0.254 e. The molecule has 0 saturated carbocycles. The molecule has 3 aromatic rings. The van der Waals surface area contributed by atoms with Gasteiger partial charge < -0.3 is 19.3 Å². The Balaban J connectivity index is 1.22. The average molecular weight is 569 g/mol. The van der Waals surface area contributed by atoms with Crippen molar-refractivity contribution in [3.63, 3.8) is 0 Å². The van der Waals surface area contributed by atoms with E-state index in [0.717, 1.165) is 68.1 Å². The number of hydrogen-bond donors (Lipinski definition) is 0. The van der Waals surface area contributed by atoms with Gasteiger partial charge in [0.25, 0.3) is 5.91 Å². The summed E-state index contributed by atoms with van der Waals surface area (Å²) in [5.41, 5.74) is 5.35. The van der Waals surface area contributed by atoms with E-state index >= 15 is 0 Å². The van der Waals surface area contributed by atoms with E-state index in [4.69, 9.17) is 9.47 Å². The summed E-state index contributed by atoms with van der Waals surface area (Å²) in [5.74, 6) is 0.991.